The minimum atomic E-state index is 0.565. The third-order valence-electron chi connectivity index (χ3n) is 3.20. The normalized spacial score (nSPS) is 12.6. The first kappa shape index (κ1) is 12.9. The highest BCUT2D eigenvalue weighted by molar-refractivity contribution is 5.56. The average molecular weight is 220 g/mol. The molecular formula is C14H24N2. The van der Waals surface area contributed by atoms with Crippen LogP contribution in [-0.4, -0.2) is 0 Å². The van der Waals surface area contributed by atoms with Crippen LogP contribution in [0.25, 0.3) is 0 Å². The van der Waals surface area contributed by atoms with E-state index in [4.69, 9.17) is 11.5 Å². The molecule has 1 aromatic carbocycles. The summed E-state index contributed by atoms with van der Waals surface area (Å²) < 4.78 is 0. The summed E-state index contributed by atoms with van der Waals surface area (Å²) in [6.45, 7) is 4.45. The molecule has 0 aliphatic rings. The van der Waals surface area contributed by atoms with Gasteiger partial charge in [-0.3, -0.25) is 0 Å². The van der Waals surface area contributed by atoms with Gasteiger partial charge in [-0.05, 0) is 42.5 Å². The van der Waals surface area contributed by atoms with Crippen LogP contribution in [0.2, 0.25) is 0 Å². The summed E-state index contributed by atoms with van der Waals surface area (Å²) >= 11 is 0. The molecule has 1 unspecified atom stereocenters. The Balaban J connectivity index is 2.73. The predicted molar refractivity (Wildman–Crippen MR) is 72.4 cm³/mol. The highest BCUT2D eigenvalue weighted by atomic mass is 14.6. The maximum absolute atomic E-state index is 6.01. The molecule has 0 amide bonds. The van der Waals surface area contributed by atoms with Crippen molar-refractivity contribution < 1.29 is 0 Å². The van der Waals surface area contributed by atoms with Crippen LogP contribution < -0.4 is 11.5 Å². The van der Waals surface area contributed by atoms with Crippen LogP contribution in [0.3, 0.4) is 0 Å². The van der Waals surface area contributed by atoms with E-state index < -0.39 is 0 Å². The summed E-state index contributed by atoms with van der Waals surface area (Å²) in [6.07, 6.45) is 6.21. The zero-order chi connectivity index (χ0) is 12.0. The molecule has 2 nitrogen and oxygen atoms in total. The van der Waals surface area contributed by atoms with Gasteiger partial charge in [0.2, 0.25) is 0 Å². The van der Waals surface area contributed by atoms with Crippen LogP contribution in [0.1, 0.15) is 57.4 Å². The van der Waals surface area contributed by atoms with Gasteiger partial charge in [-0.1, -0.05) is 33.1 Å². The standard InChI is InChI=1S/C14H24N2/c1-3-5-6-7-11(4-2)13-10-12(15)8-9-14(13)16/h8-11H,3-7,15-16H2,1-2H3. The number of hydrogen-bond donors (Lipinski definition) is 2. The first-order valence-electron chi connectivity index (χ1n) is 6.33. The van der Waals surface area contributed by atoms with Gasteiger partial charge in [0.15, 0.2) is 0 Å². The molecule has 0 radical (unpaired) electrons. The molecule has 0 bridgehead atoms. The Morgan fingerprint density at radius 1 is 1.12 bits per heavy atom. The Morgan fingerprint density at radius 3 is 2.50 bits per heavy atom. The SMILES string of the molecule is CCCCCC(CC)c1cc(N)ccc1N. The summed E-state index contributed by atoms with van der Waals surface area (Å²) in [5.41, 5.74) is 14.8. The van der Waals surface area contributed by atoms with E-state index >= 15 is 0 Å². The number of nitrogen functional groups attached to an aromatic ring is 2. The Hall–Kier alpha value is -1.18. The fraction of sp³-hybridized carbons (Fsp3) is 0.571. The van der Waals surface area contributed by atoms with E-state index in [0.717, 1.165) is 17.8 Å². The molecule has 1 rings (SSSR count). The van der Waals surface area contributed by atoms with Crippen molar-refractivity contribution in [3.8, 4) is 0 Å². The largest absolute Gasteiger partial charge is 0.399 e. The van der Waals surface area contributed by atoms with Crippen molar-refractivity contribution in [2.24, 2.45) is 0 Å². The van der Waals surface area contributed by atoms with Crippen LogP contribution in [0, 0.1) is 0 Å². The van der Waals surface area contributed by atoms with E-state index in [1.807, 2.05) is 18.2 Å². The van der Waals surface area contributed by atoms with Crippen LogP contribution >= 0.6 is 0 Å². The van der Waals surface area contributed by atoms with E-state index in [0.29, 0.717) is 5.92 Å². The Bertz CT molecular complexity index is 321. The van der Waals surface area contributed by atoms with E-state index in [9.17, 15) is 0 Å². The third kappa shape index (κ3) is 3.44. The molecule has 0 saturated carbocycles. The predicted octanol–water partition coefficient (Wildman–Crippen LogP) is 3.92. The number of unbranched alkanes of at least 4 members (excludes halogenated alkanes) is 2. The lowest BCUT2D eigenvalue weighted by atomic mass is 9.89. The van der Waals surface area contributed by atoms with Gasteiger partial charge >= 0.3 is 0 Å². The fourth-order valence-corrected chi connectivity index (χ4v) is 2.17. The first-order valence-corrected chi connectivity index (χ1v) is 6.33. The topological polar surface area (TPSA) is 52.0 Å². The fourth-order valence-electron chi connectivity index (χ4n) is 2.17. The van der Waals surface area contributed by atoms with Crippen molar-refractivity contribution in [1.82, 2.24) is 0 Å². The Kier molecular flexibility index (Phi) is 5.17. The van der Waals surface area contributed by atoms with Crippen molar-refractivity contribution in [2.75, 3.05) is 11.5 Å². The highest BCUT2D eigenvalue weighted by Crippen LogP contribution is 2.31. The highest BCUT2D eigenvalue weighted by Gasteiger charge is 2.12. The second-order valence-electron chi connectivity index (χ2n) is 4.49. The molecule has 0 heterocycles. The maximum atomic E-state index is 6.01. The molecule has 1 atom stereocenters. The van der Waals surface area contributed by atoms with Crippen LogP contribution in [0.5, 0.6) is 0 Å². The monoisotopic (exact) mass is 220 g/mol. The zero-order valence-corrected chi connectivity index (χ0v) is 10.5. The number of benzene rings is 1. The quantitative estimate of drug-likeness (QED) is 0.564. The second kappa shape index (κ2) is 6.41. The van der Waals surface area contributed by atoms with Gasteiger partial charge in [-0.15, -0.1) is 0 Å². The Morgan fingerprint density at radius 2 is 1.88 bits per heavy atom. The van der Waals surface area contributed by atoms with Gasteiger partial charge in [0, 0.05) is 11.4 Å². The van der Waals surface area contributed by atoms with Crippen LogP contribution in [0.4, 0.5) is 11.4 Å². The molecular weight excluding hydrogens is 196 g/mol. The smallest absolute Gasteiger partial charge is 0.0350 e. The van der Waals surface area contributed by atoms with E-state index in [1.165, 1.54) is 31.2 Å². The van der Waals surface area contributed by atoms with Crippen molar-refractivity contribution in [1.29, 1.82) is 0 Å². The Labute approximate surface area is 99.0 Å². The maximum Gasteiger partial charge on any atom is 0.0350 e. The zero-order valence-electron chi connectivity index (χ0n) is 10.5. The lowest BCUT2D eigenvalue weighted by Gasteiger charge is -2.17. The minimum Gasteiger partial charge on any atom is -0.399 e. The molecule has 4 N–H and O–H groups in total. The van der Waals surface area contributed by atoms with Crippen molar-refractivity contribution in [2.45, 2.75) is 51.9 Å². The summed E-state index contributed by atoms with van der Waals surface area (Å²) in [5, 5.41) is 0. The van der Waals surface area contributed by atoms with E-state index in [-0.39, 0.29) is 0 Å². The molecule has 0 spiro atoms. The summed E-state index contributed by atoms with van der Waals surface area (Å²) in [4.78, 5) is 0. The van der Waals surface area contributed by atoms with Gasteiger partial charge in [0.05, 0.1) is 0 Å². The minimum absolute atomic E-state index is 0.565. The number of anilines is 2. The third-order valence-corrected chi connectivity index (χ3v) is 3.20. The van der Waals surface area contributed by atoms with Gasteiger partial charge in [0.25, 0.3) is 0 Å². The first-order chi connectivity index (χ1) is 7.69. The van der Waals surface area contributed by atoms with Gasteiger partial charge in [-0.25, -0.2) is 0 Å². The van der Waals surface area contributed by atoms with Crippen molar-refractivity contribution in [3.63, 3.8) is 0 Å². The van der Waals surface area contributed by atoms with E-state index in [1.54, 1.807) is 0 Å². The van der Waals surface area contributed by atoms with Crippen LogP contribution in [0.15, 0.2) is 18.2 Å². The summed E-state index contributed by atoms with van der Waals surface area (Å²) in [6, 6.07) is 5.83. The number of nitrogens with two attached hydrogens (primary N) is 2. The molecule has 0 fully saturated rings. The molecule has 16 heavy (non-hydrogen) atoms. The van der Waals surface area contributed by atoms with Gasteiger partial charge in [-0.2, -0.15) is 0 Å². The molecule has 0 aliphatic heterocycles. The van der Waals surface area contributed by atoms with E-state index in [2.05, 4.69) is 13.8 Å². The van der Waals surface area contributed by atoms with Crippen molar-refractivity contribution >= 4 is 11.4 Å². The lowest BCUT2D eigenvalue weighted by molar-refractivity contribution is 0.555. The number of hydrogen-bond acceptors (Lipinski definition) is 2. The number of rotatable bonds is 6. The van der Waals surface area contributed by atoms with Gasteiger partial charge in [0.1, 0.15) is 0 Å². The van der Waals surface area contributed by atoms with Crippen molar-refractivity contribution in [3.05, 3.63) is 23.8 Å². The lowest BCUT2D eigenvalue weighted by Crippen LogP contribution is -2.03. The van der Waals surface area contributed by atoms with Gasteiger partial charge < -0.3 is 11.5 Å². The summed E-state index contributed by atoms with van der Waals surface area (Å²) in [5.74, 6) is 0.565. The summed E-state index contributed by atoms with van der Waals surface area (Å²) in [7, 11) is 0. The molecule has 2 heteroatoms. The molecule has 0 aliphatic carbocycles. The molecule has 0 saturated heterocycles. The molecule has 0 aromatic heterocycles. The molecule has 1 aromatic rings. The molecule has 90 valence electrons. The van der Waals surface area contributed by atoms with Crippen LogP contribution in [-0.2, 0) is 0 Å². The average Bonchev–Trinajstić information content (AvgIpc) is 2.28. The second-order valence-corrected chi connectivity index (χ2v) is 4.49.